The van der Waals surface area contributed by atoms with E-state index in [9.17, 15) is 14.7 Å². The van der Waals surface area contributed by atoms with Crippen LogP contribution in [0.1, 0.15) is 58.6 Å². The number of hydrogen-bond donors (Lipinski definition) is 2. The summed E-state index contributed by atoms with van der Waals surface area (Å²) in [5.41, 5.74) is -0.464. The van der Waals surface area contributed by atoms with E-state index < -0.39 is 17.4 Å². The van der Waals surface area contributed by atoms with Crippen LogP contribution in [0.2, 0.25) is 0 Å². The Kier molecular flexibility index (Phi) is 6.20. The number of amides is 1. The van der Waals surface area contributed by atoms with Crippen molar-refractivity contribution < 1.29 is 19.4 Å². The number of nitrogens with one attached hydrogen (secondary N) is 1. The molecule has 2 N–H and O–H groups in total. The lowest BCUT2D eigenvalue weighted by atomic mass is 9.86. The minimum atomic E-state index is -1.05. The highest BCUT2D eigenvalue weighted by molar-refractivity contribution is 5.85. The van der Waals surface area contributed by atoms with E-state index in [-0.39, 0.29) is 23.9 Å². The molecule has 2 rings (SSSR count). The molecule has 1 aliphatic heterocycles. The first-order chi connectivity index (χ1) is 12.6. The molecule has 1 aromatic carbocycles. The van der Waals surface area contributed by atoms with E-state index in [0.29, 0.717) is 6.42 Å². The maximum absolute atomic E-state index is 13.1. The molecular weight excluding hydrogens is 344 g/mol. The van der Waals surface area contributed by atoms with Crippen molar-refractivity contribution in [3.63, 3.8) is 0 Å². The summed E-state index contributed by atoms with van der Waals surface area (Å²) in [6.07, 6.45) is 1.52. The van der Waals surface area contributed by atoms with Crippen LogP contribution in [-0.2, 0) is 9.59 Å². The van der Waals surface area contributed by atoms with E-state index in [0.717, 1.165) is 17.7 Å². The minimum Gasteiger partial charge on any atom is -0.497 e. The summed E-state index contributed by atoms with van der Waals surface area (Å²) >= 11 is 0. The standard InChI is InChI=1S/C21H32N2O4/c1-7-20(3,4)22-18(24)16-13-21(8-2,19(25)26)23(5)17(16)14-9-11-15(27-6)12-10-14/h9-12,16-17H,7-8,13H2,1-6H3,(H,22,24)(H,25,26)/t16-,17-,21-/m1/s1. The van der Waals surface area contributed by atoms with Gasteiger partial charge in [-0.1, -0.05) is 26.0 Å². The summed E-state index contributed by atoms with van der Waals surface area (Å²) in [6.45, 7) is 7.86. The molecular formula is C21H32N2O4. The Balaban J connectivity index is 2.46. The van der Waals surface area contributed by atoms with Crippen molar-refractivity contribution in [3.05, 3.63) is 29.8 Å². The van der Waals surface area contributed by atoms with Crippen LogP contribution in [0.5, 0.6) is 5.75 Å². The Bertz CT molecular complexity index is 686. The van der Waals surface area contributed by atoms with E-state index in [4.69, 9.17) is 4.74 Å². The van der Waals surface area contributed by atoms with Crippen molar-refractivity contribution >= 4 is 11.9 Å². The molecule has 0 aromatic heterocycles. The van der Waals surface area contributed by atoms with E-state index in [1.165, 1.54) is 0 Å². The van der Waals surface area contributed by atoms with E-state index in [2.05, 4.69) is 5.32 Å². The van der Waals surface area contributed by atoms with Gasteiger partial charge in [0.1, 0.15) is 11.3 Å². The Labute approximate surface area is 161 Å². The largest absolute Gasteiger partial charge is 0.497 e. The minimum absolute atomic E-state index is 0.0916. The fourth-order valence-corrected chi connectivity index (χ4v) is 3.95. The van der Waals surface area contributed by atoms with Crippen molar-refractivity contribution in [1.29, 1.82) is 0 Å². The first-order valence-electron chi connectivity index (χ1n) is 9.54. The molecule has 0 aliphatic carbocycles. The van der Waals surface area contributed by atoms with Gasteiger partial charge in [0.15, 0.2) is 0 Å². The summed E-state index contributed by atoms with van der Waals surface area (Å²) < 4.78 is 5.23. The molecule has 0 spiro atoms. The van der Waals surface area contributed by atoms with Crippen molar-refractivity contribution in [2.24, 2.45) is 5.92 Å². The highest BCUT2D eigenvalue weighted by Crippen LogP contribution is 2.48. The first-order valence-corrected chi connectivity index (χ1v) is 9.54. The molecule has 0 bridgehead atoms. The molecule has 0 saturated carbocycles. The molecule has 27 heavy (non-hydrogen) atoms. The number of carboxylic acids is 1. The topological polar surface area (TPSA) is 78.9 Å². The number of likely N-dealkylation sites (tertiary alicyclic amines) is 1. The number of hydrogen-bond acceptors (Lipinski definition) is 4. The van der Waals surface area contributed by atoms with Crippen molar-refractivity contribution in [3.8, 4) is 5.75 Å². The van der Waals surface area contributed by atoms with Crippen LogP contribution in [0.4, 0.5) is 0 Å². The quantitative estimate of drug-likeness (QED) is 0.764. The zero-order valence-corrected chi connectivity index (χ0v) is 17.2. The predicted octanol–water partition coefficient (Wildman–Crippen LogP) is 3.23. The summed E-state index contributed by atoms with van der Waals surface area (Å²) in [4.78, 5) is 27.2. The van der Waals surface area contributed by atoms with Gasteiger partial charge in [0.05, 0.1) is 13.0 Å². The third kappa shape index (κ3) is 3.95. The molecule has 3 atom stereocenters. The second-order valence-electron chi connectivity index (χ2n) is 8.06. The molecule has 1 aromatic rings. The van der Waals surface area contributed by atoms with Crippen molar-refractivity contribution in [1.82, 2.24) is 10.2 Å². The van der Waals surface area contributed by atoms with Crippen LogP contribution in [0.25, 0.3) is 0 Å². The van der Waals surface area contributed by atoms with Crippen LogP contribution in [-0.4, -0.2) is 47.1 Å². The van der Waals surface area contributed by atoms with Crippen LogP contribution in [0, 0.1) is 5.92 Å². The molecule has 6 heteroatoms. The number of benzene rings is 1. The van der Waals surface area contributed by atoms with E-state index in [1.807, 2.05) is 63.9 Å². The molecule has 1 fully saturated rings. The lowest BCUT2D eigenvalue weighted by molar-refractivity contribution is -0.150. The molecule has 1 amide bonds. The van der Waals surface area contributed by atoms with Gasteiger partial charge in [0.2, 0.25) is 5.91 Å². The molecule has 150 valence electrons. The molecule has 1 aliphatic rings. The lowest BCUT2D eigenvalue weighted by Gasteiger charge is -2.34. The normalized spacial score (nSPS) is 26.0. The summed E-state index contributed by atoms with van der Waals surface area (Å²) in [5.74, 6) is -0.681. The van der Waals surface area contributed by atoms with Crippen molar-refractivity contribution in [2.75, 3.05) is 14.2 Å². The first kappa shape index (κ1) is 21.2. The van der Waals surface area contributed by atoms with Gasteiger partial charge in [0, 0.05) is 11.6 Å². The second-order valence-corrected chi connectivity index (χ2v) is 8.06. The molecule has 6 nitrogen and oxygen atoms in total. The average molecular weight is 376 g/mol. The highest BCUT2D eigenvalue weighted by atomic mass is 16.5. The number of rotatable bonds is 7. The monoisotopic (exact) mass is 376 g/mol. The maximum atomic E-state index is 13.1. The number of aliphatic carboxylic acids is 1. The number of ether oxygens (including phenoxy) is 1. The highest BCUT2D eigenvalue weighted by Gasteiger charge is 2.56. The lowest BCUT2D eigenvalue weighted by Crippen LogP contribution is -2.48. The predicted molar refractivity (Wildman–Crippen MR) is 105 cm³/mol. The molecule has 1 heterocycles. The number of likely N-dealkylation sites (N-methyl/N-ethyl adjacent to an activating group) is 1. The number of methoxy groups -OCH3 is 1. The number of nitrogens with zero attached hydrogens (tertiary/aromatic N) is 1. The van der Waals surface area contributed by atoms with E-state index >= 15 is 0 Å². The molecule has 0 unspecified atom stereocenters. The summed E-state index contributed by atoms with van der Waals surface area (Å²) in [7, 11) is 3.41. The van der Waals surface area contributed by atoms with E-state index in [1.54, 1.807) is 7.11 Å². The number of carbonyl (C=O) groups excluding carboxylic acids is 1. The molecule has 1 saturated heterocycles. The van der Waals surface area contributed by atoms with Gasteiger partial charge in [-0.15, -0.1) is 0 Å². The van der Waals surface area contributed by atoms with Gasteiger partial charge in [-0.2, -0.15) is 0 Å². The summed E-state index contributed by atoms with van der Waals surface area (Å²) in [5, 5.41) is 13.1. The fourth-order valence-electron chi connectivity index (χ4n) is 3.95. The van der Waals surface area contributed by atoms with Gasteiger partial charge in [-0.25, -0.2) is 0 Å². The van der Waals surface area contributed by atoms with Gasteiger partial charge < -0.3 is 15.2 Å². The van der Waals surface area contributed by atoms with Crippen molar-refractivity contribution in [2.45, 2.75) is 64.1 Å². The zero-order valence-electron chi connectivity index (χ0n) is 17.2. The Morgan fingerprint density at radius 1 is 1.30 bits per heavy atom. The van der Waals surface area contributed by atoms with Crippen LogP contribution in [0.3, 0.4) is 0 Å². The fraction of sp³-hybridized carbons (Fsp3) is 0.619. The third-order valence-electron chi connectivity index (χ3n) is 6.15. The van der Waals surface area contributed by atoms with Gasteiger partial charge in [-0.05, 0) is 57.9 Å². The number of carbonyl (C=O) groups is 2. The van der Waals surface area contributed by atoms with Gasteiger partial charge >= 0.3 is 5.97 Å². The number of carboxylic acid groups (broad SMARTS) is 1. The van der Waals surface area contributed by atoms with Crippen LogP contribution < -0.4 is 10.1 Å². The van der Waals surface area contributed by atoms with Gasteiger partial charge in [-0.3, -0.25) is 14.5 Å². The average Bonchev–Trinajstić information content (AvgIpc) is 2.95. The second kappa shape index (κ2) is 7.89. The maximum Gasteiger partial charge on any atom is 0.324 e. The third-order valence-corrected chi connectivity index (χ3v) is 6.15. The smallest absolute Gasteiger partial charge is 0.324 e. The molecule has 0 radical (unpaired) electrons. The Hall–Kier alpha value is -2.08. The Morgan fingerprint density at radius 2 is 1.89 bits per heavy atom. The zero-order chi connectivity index (χ0) is 20.4. The summed E-state index contributed by atoms with van der Waals surface area (Å²) in [6, 6.07) is 7.22. The van der Waals surface area contributed by atoms with Crippen LogP contribution >= 0.6 is 0 Å². The van der Waals surface area contributed by atoms with Crippen LogP contribution in [0.15, 0.2) is 24.3 Å². The Morgan fingerprint density at radius 3 is 2.33 bits per heavy atom. The SMILES string of the molecule is CCC(C)(C)NC(=O)[C@@H]1C[C@](CC)(C(=O)O)N(C)[C@@H]1c1ccc(OC)cc1. The van der Waals surface area contributed by atoms with Gasteiger partial charge in [0.25, 0.3) is 0 Å².